The summed E-state index contributed by atoms with van der Waals surface area (Å²) in [6, 6.07) is 2.00. The van der Waals surface area contributed by atoms with E-state index in [1.54, 1.807) is 22.3 Å². The van der Waals surface area contributed by atoms with E-state index in [1.165, 1.54) is 0 Å². The highest BCUT2D eigenvalue weighted by atomic mass is 32.1. The summed E-state index contributed by atoms with van der Waals surface area (Å²) in [7, 11) is 7.34. The molecule has 76 valence electrons. The van der Waals surface area contributed by atoms with Crippen LogP contribution in [0.5, 0.6) is 0 Å². The molecule has 0 aromatic rings. The maximum Gasteiger partial charge on any atom is 0.147 e. The number of nitrogens with zero attached hydrogens (tertiary/aromatic N) is 4. The first-order valence-electron chi connectivity index (χ1n) is 4.00. The molecule has 0 bridgehead atoms. The van der Waals surface area contributed by atoms with Gasteiger partial charge in [0.2, 0.25) is 0 Å². The number of thiocarbonyl (C=S) groups is 1. The first-order valence-corrected chi connectivity index (χ1v) is 4.41. The van der Waals surface area contributed by atoms with Gasteiger partial charge in [-0.2, -0.15) is 5.26 Å². The van der Waals surface area contributed by atoms with Crippen molar-refractivity contribution in [3.05, 3.63) is 11.8 Å². The maximum absolute atomic E-state index is 8.79. The van der Waals surface area contributed by atoms with Crippen LogP contribution in [0.1, 0.15) is 0 Å². The van der Waals surface area contributed by atoms with Crippen LogP contribution in [0, 0.1) is 11.3 Å². The first kappa shape index (κ1) is 12.6. The van der Waals surface area contributed by atoms with Gasteiger partial charge in [0, 0.05) is 34.4 Å². The van der Waals surface area contributed by atoms with Gasteiger partial charge in [0.05, 0.1) is 6.34 Å². The molecule has 0 radical (unpaired) electrons. The van der Waals surface area contributed by atoms with Crippen molar-refractivity contribution in [2.45, 2.75) is 0 Å². The summed E-state index contributed by atoms with van der Waals surface area (Å²) in [4.78, 5) is 7.78. The lowest BCUT2D eigenvalue weighted by Crippen LogP contribution is -2.11. The number of hydrogen-bond acceptors (Lipinski definition) is 3. The minimum Gasteiger partial charge on any atom is -0.382 e. The summed E-state index contributed by atoms with van der Waals surface area (Å²) in [5.41, 5.74) is 0.392. The van der Waals surface area contributed by atoms with Crippen molar-refractivity contribution < 1.29 is 0 Å². The van der Waals surface area contributed by atoms with Crippen molar-refractivity contribution >= 4 is 23.5 Å². The van der Waals surface area contributed by atoms with E-state index in [2.05, 4.69) is 4.99 Å². The summed E-state index contributed by atoms with van der Waals surface area (Å²) in [6.07, 6.45) is 3.22. The monoisotopic (exact) mass is 210 g/mol. The van der Waals surface area contributed by atoms with E-state index >= 15 is 0 Å². The normalized spacial score (nSPS) is 11.2. The molecule has 0 amide bonds. The molecular weight excluding hydrogens is 196 g/mol. The maximum atomic E-state index is 8.79. The molecule has 0 aromatic heterocycles. The Hall–Kier alpha value is -1.41. The molecule has 0 aliphatic carbocycles. The zero-order valence-corrected chi connectivity index (χ0v) is 9.67. The Kier molecular flexibility index (Phi) is 5.49. The van der Waals surface area contributed by atoms with Gasteiger partial charge in [0.1, 0.15) is 16.6 Å². The third kappa shape index (κ3) is 5.27. The molecule has 0 aliphatic heterocycles. The fourth-order valence-electron chi connectivity index (χ4n) is 0.628. The van der Waals surface area contributed by atoms with Crippen molar-refractivity contribution in [3.63, 3.8) is 0 Å². The average Bonchev–Trinajstić information content (AvgIpc) is 2.09. The first-order chi connectivity index (χ1) is 6.47. The van der Waals surface area contributed by atoms with Crippen molar-refractivity contribution in [2.24, 2.45) is 4.99 Å². The fraction of sp³-hybridized carbons (Fsp3) is 0.444. The Bertz CT molecular complexity index is 296. The van der Waals surface area contributed by atoms with E-state index in [1.807, 2.05) is 34.3 Å². The van der Waals surface area contributed by atoms with Gasteiger partial charge in [-0.15, -0.1) is 0 Å². The lowest BCUT2D eigenvalue weighted by Gasteiger charge is -2.06. The van der Waals surface area contributed by atoms with Crippen molar-refractivity contribution in [2.75, 3.05) is 28.2 Å². The Balaban J connectivity index is 4.59. The van der Waals surface area contributed by atoms with Gasteiger partial charge in [-0.3, -0.25) is 0 Å². The summed E-state index contributed by atoms with van der Waals surface area (Å²) in [5, 5.41) is 8.79. The molecule has 4 nitrogen and oxygen atoms in total. The largest absolute Gasteiger partial charge is 0.382 e. The predicted octanol–water partition coefficient (Wildman–Crippen LogP) is 0.873. The minimum absolute atomic E-state index is 0.301. The molecule has 14 heavy (non-hydrogen) atoms. The van der Waals surface area contributed by atoms with Crippen LogP contribution in [0.15, 0.2) is 16.8 Å². The van der Waals surface area contributed by atoms with Crippen LogP contribution in [0.4, 0.5) is 0 Å². The van der Waals surface area contributed by atoms with Gasteiger partial charge in [-0.25, -0.2) is 4.99 Å². The van der Waals surface area contributed by atoms with Gasteiger partial charge in [0.25, 0.3) is 0 Å². The Labute approximate surface area is 90.1 Å². The van der Waals surface area contributed by atoms with Crippen molar-refractivity contribution in [1.82, 2.24) is 9.80 Å². The molecule has 0 N–H and O–H groups in total. The predicted molar refractivity (Wildman–Crippen MR) is 62.2 cm³/mol. The van der Waals surface area contributed by atoms with Crippen LogP contribution < -0.4 is 0 Å². The van der Waals surface area contributed by atoms with Crippen LogP contribution in [0.2, 0.25) is 0 Å². The van der Waals surface area contributed by atoms with E-state index in [9.17, 15) is 0 Å². The van der Waals surface area contributed by atoms with Gasteiger partial charge >= 0.3 is 0 Å². The zero-order valence-electron chi connectivity index (χ0n) is 8.85. The van der Waals surface area contributed by atoms with Crippen LogP contribution in [-0.2, 0) is 0 Å². The molecule has 0 rings (SSSR count). The summed E-state index contributed by atoms with van der Waals surface area (Å²) >= 11 is 4.97. The van der Waals surface area contributed by atoms with E-state index < -0.39 is 0 Å². The molecule has 0 saturated heterocycles. The molecule has 0 aliphatic rings. The summed E-state index contributed by atoms with van der Waals surface area (Å²) in [6.45, 7) is 0. The number of aliphatic imine (C=N–C) groups is 1. The molecule has 0 atom stereocenters. The van der Waals surface area contributed by atoms with Gasteiger partial charge in [-0.1, -0.05) is 12.2 Å². The topological polar surface area (TPSA) is 42.6 Å². The highest BCUT2D eigenvalue weighted by molar-refractivity contribution is 7.80. The van der Waals surface area contributed by atoms with Crippen LogP contribution in [0.3, 0.4) is 0 Å². The molecule has 5 heteroatoms. The van der Waals surface area contributed by atoms with Crippen LogP contribution >= 0.6 is 12.2 Å². The second kappa shape index (κ2) is 6.11. The Morgan fingerprint density at radius 3 is 2.21 bits per heavy atom. The third-order valence-corrected chi connectivity index (χ3v) is 1.47. The molecule has 0 spiro atoms. The smallest absolute Gasteiger partial charge is 0.147 e. The Morgan fingerprint density at radius 1 is 1.29 bits per heavy atom. The van der Waals surface area contributed by atoms with E-state index in [-0.39, 0.29) is 0 Å². The lowest BCUT2D eigenvalue weighted by atomic mass is 10.3. The molecule has 0 saturated carbocycles. The van der Waals surface area contributed by atoms with E-state index in [0.717, 1.165) is 0 Å². The molecule has 0 aromatic carbocycles. The second-order valence-corrected chi connectivity index (χ2v) is 3.52. The molecule has 0 unspecified atom stereocenters. The lowest BCUT2D eigenvalue weighted by molar-refractivity contribution is 0.562. The summed E-state index contributed by atoms with van der Waals surface area (Å²) < 4.78 is 0. The highest BCUT2D eigenvalue weighted by Gasteiger charge is 2.01. The number of nitriles is 1. The van der Waals surface area contributed by atoms with E-state index in [0.29, 0.717) is 10.6 Å². The zero-order chi connectivity index (χ0) is 11.1. The van der Waals surface area contributed by atoms with Crippen LogP contribution in [0.25, 0.3) is 0 Å². The molecule has 0 heterocycles. The van der Waals surface area contributed by atoms with Crippen molar-refractivity contribution in [3.8, 4) is 6.07 Å². The standard InChI is InChI=1S/C9H14N4S/c1-12(2)6-8(5-10)9(14)11-7-13(3)4/h6-7H,1-4H3. The van der Waals surface area contributed by atoms with Crippen molar-refractivity contribution in [1.29, 1.82) is 5.26 Å². The van der Waals surface area contributed by atoms with Gasteiger partial charge < -0.3 is 9.80 Å². The Morgan fingerprint density at radius 2 is 1.86 bits per heavy atom. The quantitative estimate of drug-likeness (QED) is 0.228. The molecular formula is C9H14N4S. The number of rotatable bonds is 3. The second-order valence-electron chi connectivity index (χ2n) is 3.13. The van der Waals surface area contributed by atoms with Gasteiger partial charge in [0.15, 0.2) is 0 Å². The van der Waals surface area contributed by atoms with E-state index in [4.69, 9.17) is 17.5 Å². The number of hydrogen-bond donors (Lipinski definition) is 0. The SMILES string of the molecule is CN(C)C=NC(=S)C(C#N)=CN(C)C. The molecule has 0 fully saturated rings. The minimum atomic E-state index is 0.301. The third-order valence-electron chi connectivity index (χ3n) is 1.14. The summed E-state index contributed by atoms with van der Waals surface area (Å²) in [5.74, 6) is 0. The van der Waals surface area contributed by atoms with Gasteiger partial charge in [-0.05, 0) is 0 Å². The highest BCUT2D eigenvalue weighted by Crippen LogP contribution is 1.99. The van der Waals surface area contributed by atoms with Crippen LogP contribution in [-0.4, -0.2) is 49.3 Å². The fourth-order valence-corrected chi connectivity index (χ4v) is 0.773. The average molecular weight is 210 g/mol.